The highest BCUT2D eigenvalue weighted by atomic mass is 31.0. The van der Waals surface area contributed by atoms with Gasteiger partial charge < -0.3 is 9.13 Å². The molecule has 0 saturated heterocycles. The zero-order chi connectivity index (χ0) is 51.0. The molecule has 1 unspecified atom stereocenters. The first-order chi connectivity index (χ1) is 38.1. The van der Waals surface area contributed by atoms with Gasteiger partial charge in [-0.2, -0.15) is 0 Å². The summed E-state index contributed by atoms with van der Waals surface area (Å²) >= 11 is 0. The first kappa shape index (κ1) is 44.9. The van der Waals surface area contributed by atoms with Crippen LogP contribution in [0.2, 0.25) is 0 Å². The third kappa shape index (κ3) is 7.68. The molecule has 2 aromatic heterocycles. The topological polar surface area (TPSA) is 9.86 Å². The number of rotatable bonds is 8. The standard InChI is InChI=1S/C74H49N2P/c77-60-33-38-74-70(47-60)69-42-55(49-19-7-2-8-20-49)32-37-73(69)76(74)59-28-16-26-53(40-59)57-44-65(51-23-11-4-12-24-51)62-35-34-61-64(50-21-9-3-10-22-50)43-56(45-66(61)67(62)46-57)52-25-15-27-58(39-52)75-71-30-14-13-29-63(71)68-41-54(31-36-72(68)75)48-17-5-1-6-18-48/h1-47H,77H2. The fourth-order valence-electron chi connectivity index (χ4n) is 12.2. The van der Waals surface area contributed by atoms with Crippen LogP contribution in [0.1, 0.15) is 0 Å². The molecule has 0 spiro atoms. The molecular formula is C74H49N2P. The van der Waals surface area contributed by atoms with Crippen molar-refractivity contribution >= 4 is 79.7 Å². The van der Waals surface area contributed by atoms with Gasteiger partial charge in [0.05, 0.1) is 22.1 Å². The Morgan fingerprint density at radius 1 is 0.195 bits per heavy atom. The molecule has 0 saturated carbocycles. The highest BCUT2D eigenvalue weighted by Gasteiger charge is 2.19. The van der Waals surface area contributed by atoms with Crippen molar-refractivity contribution in [3.63, 3.8) is 0 Å². The smallest absolute Gasteiger partial charge is 0.0541 e. The first-order valence-electron chi connectivity index (χ1n) is 26.4. The lowest BCUT2D eigenvalue weighted by molar-refractivity contribution is 1.18. The zero-order valence-corrected chi connectivity index (χ0v) is 43.3. The van der Waals surface area contributed by atoms with E-state index >= 15 is 0 Å². The van der Waals surface area contributed by atoms with Crippen LogP contribution in [-0.4, -0.2) is 9.13 Å². The fraction of sp³-hybridized carbons (Fsp3) is 0. The summed E-state index contributed by atoms with van der Waals surface area (Å²) in [5, 5.41) is 11.0. The van der Waals surface area contributed by atoms with Gasteiger partial charge >= 0.3 is 0 Å². The van der Waals surface area contributed by atoms with Gasteiger partial charge in [0.25, 0.3) is 0 Å². The van der Waals surface area contributed by atoms with Gasteiger partial charge in [0, 0.05) is 32.9 Å². The van der Waals surface area contributed by atoms with Crippen LogP contribution in [-0.2, 0) is 0 Å². The molecule has 77 heavy (non-hydrogen) atoms. The van der Waals surface area contributed by atoms with Crippen LogP contribution in [0, 0.1) is 0 Å². The molecule has 2 heterocycles. The van der Waals surface area contributed by atoms with E-state index in [-0.39, 0.29) is 0 Å². The highest BCUT2D eigenvalue weighted by molar-refractivity contribution is 7.27. The van der Waals surface area contributed by atoms with E-state index in [2.05, 4.69) is 303 Å². The lowest BCUT2D eigenvalue weighted by atomic mass is 9.87. The van der Waals surface area contributed by atoms with Crippen LogP contribution in [0.4, 0.5) is 0 Å². The minimum absolute atomic E-state index is 1.12. The Hall–Kier alpha value is -9.59. The Kier molecular flexibility index (Phi) is 10.7. The van der Waals surface area contributed by atoms with Gasteiger partial charge in [-0.1, -0.05) is 194 Å². The van der Waals surface area contributed by atoms with Crippen molar-refractivity contribution in [1.29, 1.82) is 0 Å². The van der Waals surface area contributed by atoms with Crippen molar-refractivity contribution in [2.24, 2.45) is 0 Å². The second-order valence-electron chi connectivity index (χ2n) is 20.3. The maximum atomic E-state index is 2.91. The molecule has 13 aromatic carbocycles. The van der Waals surface area contributed by atoms with Crippen molar-refractivity contribution in [1.82, 2.24) is 9.13 Å². The normalized spacial score (nSPS) is 11.7. The molecule has 0 aliphatic heterocycles. The molecule has 15 aromatic rings. The third-order valence-electron chi connectivity index (χ3n) is 15.8. The molecule has 1 atom stereocenters. The molecule has 15 rings (SSSR count). The van der Waals surface area contributed by atoms with E-state index in [1.54, 1.807) is 0 Å². The van der Waals surface area contributed by atoms with Crippen LogP contribution >= 0.6 is 9.24 Å². The van der Waals surface area contributed by atoms with Crippen molar-refractivity contribution in [3.05, 3.63) is 285 Å². The van der Waals surface area contributed by atoms with Crippen LogP contribution in [0.5, 0.6) is 0 Å². The van der Waals surface area contributed by atoms with Gasteiger partial charge in [0.1, 0.15) is 0 Å². The average Bonchev–Trinajstić information content (AvgIpc) is 4.21. The molecule has 2 nitrogen and oxygen atoms in total. The maximum Gasteiger partial charge on any atom is 0.0541 e. The van der Waals surface area contributed by atoms with Crippen LogP contribution in [0.25, 0.3) is 143 Å². The van der Waals surface area contributed by atoms with Crippen molar-refractivity contribution < 1.29 is 0 Å². The monoisotopic (exact) mass is 996 g/mol. The molecule has 3 heteroatoms. The summed E-state index contributed by atoms with van der Waals surface area (Å²) in [4.78, 5) is 0. The average molecular weight is 997 g/mol. The number of para-hydroxylation sites is 1. The fourth-order valence-corrected chi connectivity index (χ4v) is 12.4. The minimum atomic E-state index is 1.12. The van der Waals surface area contributed by atoms with E-state index in [4.69, 9.17) is 0 Å². The van der Waals surface area contributed by atoms with Gasteiger partial charge in [-0.15, -0.1) is 9.24 Å². The van der Waals surface area contributed by atoms with Crippen molar-refractivity contribution in [2.75, 3.05) is 0 Å². The number of aromatic nitrogens is 2. The molecule has 0 radical (unpaired) electrons. The number of hydrogen-bond donors (Lipinski definition) is 0. The Morgan fingerprint density at radius 2 is 0.558 bits per heavy atom. The van der Waals surface area contributed by atoms with Crippen molar-refractivity contribution in [2.45, 2.75) is 0 Å². The van der Waals surface area contributed by atoms with E-state index in [1.807, 2.05) is 0 Å². The van der Waals surface area contributed by atoms with E-state index < -0.39 is 0 Å². The summed E-state index contributed by atoms with van der Waals surface area (Å²) in [5.41, 5.74) is 21.3. The van der Waals surface area contributed by atoms with Gasteiger partial charge in [0.2, 0.25) is 0 Å². The molecular weight excluding hydrogens is 948 g/mol. The Balaban J connectivity index is 0.930. The summed E-state index contributed by atoms with van der Waals surface area (Å²) in [6.45, 7) is 0. The third-order valence-corrected chi connectivity index (χ3v) is 16.1. The second kappa shape index (κ2) is 18.4. The lowest BCUT2D eigenvalue weighted by Crippen LogP contribution is -1.96. The summed E-state index contributed by atoms with van der Waals surface area (Å²) in [6.07, 6.45) is 0. The van der Waals surface area contributed by atoms with Crippen LogP contribution < -0.4 is 5.30 Å². The number of fused-ring (bicyclic) bond motifs is 9. The van der Waals surface area contributed by atoms with Gasteiger partial charge in [-0.3, -0.25) is 0 Å². The molecule has 360 valence electrons. The molecule has 0 fully saturated rings. The number of benzene rings is 13. The predicted octanol–water partition coefficient (Wildman–Crippen LogP) is 19.7. The van der Waals surface area contributed by atoms with Gasteiger partial charge in [-0.05, 0) is 185 Å². The predicted molar refractivity (Wildman–Crippen MR) is 332 cm³/mol. The number of nitrogens with zero attached hydrogens (tertiary/aromatic N) is 2. The summed E-state index contributed by atoms with van der Waals surface area (Å²) in [5.74, 6) is 0. The zero-order valence-electron chi connectivity index (χ0n) is 42.1. The Labute approximate surface area is 449 Å². The van der Waals surface area contributed by atoms with E-state index in [9.17, 15) is 0 Å². The van der Waals surface area contributed by atoms with E-state index in [0.29, 0.717) is 0 Å². The molecule has 0 amide bonds. The second-order valence-corrected chi connectivity index (χ2v) is 21.0. The largest absolute Gasteiger partial charge is 0.309 e. The van der Waals surface area contributed by atoms with E-state index in [1.165, 1.54) is 126 Å². The highest BCUT2D eigenvalue weighted by Crippen LogP contribution is 2.44. The molecule has 0 aliphatic carbocycles. The van der Waals surface area contributed by atoms with Crippen LogP contribution in [0.3, 0.4) is 0 Å². The molecule has 0 aliphatic rings. The van der Waals surface area contributed by atoms with Crippen molar-refractivity contribution in [3.8, 4) is 78.1 Å². The number of hydrogen-bond acceptors (Lipinski definition) is 0. The summed E-state index contributed by atoms with van der Waals surface area (Å²) in [7, 11) is 2.91. The SMILES string of the molecule is Pc1ccc2c(c1)c1cc(-c3ccccc3)ccc1n2-c1cccc(-c2cc(-c3ccccc3)c3ccc4c(-c5ccccc5)cc(-c5cccc(-n6c7ccccc7c7cc(-c8ccccc8)ccc76)c5)cc4c3c2)c1. The minimum Gasteiger partial charge on any atom is -0.309 e. The quantitative estimate of drug-likeness (QED) is 0.106. The van der Waals surface area contributed by atoms with Crippen LogP contribution in [0.15, 0.2) is 285 Å². The maximum absolute atomic E-state index is 2.91. The van der Waals surface area contributed by atoms with Gasteiger partial charge in [-0.25, -0.2) is 0 Å². The first-order valence-corrected chi connectivity index (χ1v) is 27.0. The summed E-state index contributed by atoms with van der Waals surface area (Å²) in [6, 6.07) is 105. The lowest BCUT2D eigenvalue weighted by Gasteiger charge is -2.18. The summed E-state index contributed by atoms with van der Waals surface area (Å²) < 4.78 is 4.88. The molecule has 0 bridgehead atoms. The Bertz CT molecular complexity index is 4780. The molecule has 0 N–H and O–H groups in total. The Morgan fingerprint density at radius 3 is 1.05 bits per heavy atom. The van der Waals surface area contributed by atoms with E-state index in [0.717, 1.165) is 22.5 Å². The van der Waals surface area contributed by atoms with Gasteiger partial charge in [0.15, 0.2) is 0 Å².